The molecule has 0 radical (unpaired) electrons. The molecule has 0 spiro atoms. The molecule has 0 aliphatic heterocycles. The van der Waals surface area contributed by atoms with Crippen LogP contribution >= 0.6 is 11.3 Å². The van der Waals surface area contributed by atoms with Crippen molar-refractivity contribution < 1.29 is 0 Å². The van der Waals surface area contributed by atoms with Crippen LogP contribution in [0.15, 0.2) is 30.0 Å². The molecule has 0 aliphatic carbocycles. The molecule has 1 atom stereocenters. The zero-order valence-electron chi connectivity index (χ0n) is 10.4. The van der Waals surface area contributed by atoms with Gasteiger partial charge < -0.3 is 9.88 Å². The Labute approximate surface area is 107 Å². The Morgan fingerprint density at radius 2 is 2.41 bits per heavy atom. The van der Waals surface area contributed by atoms with Crippen LogP contribution in [-0.2, 0) is 6.54 Å². The molecule has 2 heterocycles. The van der Waals surface area contributed by atoms with Crippen molar-refractivity contribution in [1.82, 2.24) is 14.9 Å². The van der Waals surface area contributed by atoms with Gasteiger partial charge in [-0.1, -0.05) is 19.4 Å². The fraction of sp³-hybridized carbons (Fsp3) is 0.462. The van der Waals surface area contributed by atoms with E-state index in [0.29, 0.717) is 6.04 Å². The molecular formula is C13H19N3S. The topological polar surface area (TPSA) is 29.9 Å². The van der Waals surface area contributed by atoms with Crippen molar-refractivity contribution in [2.24, 2.45) is 0 Å². The minimum Gasteiger partial charge on any atom is -0.329 e. The molecule has 17 heavy (non-hydrogen) atoms. The lowest BCUT2D eigenvalue weighted by Crippen LogP contribution is -2.08. The Bertz CT molecular complexity index is 433. The van der Waals surface area contributed by atoms with Crippen LogP contribution in [0.25, 0.3) is 0 Å². The van der Waals surface area contributed by atoms with Crippen molar-refractivity contribution in [3.05, 3.63) is 40.6 Å². The highest BCUT2D eigenvalue weighted by atomic mass is 32.1. The molecule has 4 heteroatoms. The number of imidazole rings is 1. The SMILES string of the molecule is CCCC(c1cccs1)n1cnc(CNC)c1. The maximum atomic E-state index is 4.42. The summed E-state index contributed by atoms with van der Waals surface area (Å²) in [4.78, 5) is 5.84. The van der Waals surface area contributed by atoms with Crippen LogP contribution in [0.2, 0.25) is 0 Å². The zero-order valence-corrected chi connectivity index (χ0v) is 11.2. The molecule has 0 amide bonds. The minimum absolute atomic E-state index is 0.443. The molecule has 2 aromatic rings. The number of aromatic nitrogens is 2. The van der Waals surface area contributed by atoms with Gasteiger partial charge in [0.25, 0.3) is 0 Å². The van der Waals surface area contributed by atoms with Crippen LogP contribution in [0.4, 0.5) is 0 Å². The van der Waals surface area contributed by atoms with Crippen molar-refractivity contribution in [1.29, 1.82) is 0 Å². The Kier molecular flexibility index (Phi) is 4.34. The third-order valence-electron chi connectivity index (χ3n) is 2.81. The van der Waals surface area contributed by atoms with Gasteiger partial charge in [-0.15, -0.1) is 11.3 Å². The highest BCUT2D eigenvalue weighted by Crippen LogP contribution is 2.27. The van der Waals surface area contributed by atoms with E-state index in [2.05, 4.69) is 45.5 Å². The predicted octanol–water partition coefficient (Wildman–Crippen LogP) is 3.05. The average Bonchev–Trinajstić information content (AvgIpc) is 2.97. The summed E-state index contributed by atoms with van der Waals surface area (Å²) >= 11 is 1.82. The molecule has 2 rings (SSSR count). The van der Waals surface area contributed by atoms with E-state index in [1.54, 1.807) is 0 Å². The van der Waals surface area contributed by atoms with E-state index in [-0.39, 0.29) is 0 Å². The van der Waals surface area contributed by atoms with Crippen molar-refractivity contribution in [2.45, 2.75) is 32.4 Å². The molecule has 0 saturated carbocycles. The van der Waals surface area contributed by atoms with E-state index in [4.69, 9.17) is 0 Å². The Hall–Kier alpha value is -1.13. The molecular weight excluding hydrogens is 230 g/mol. The molecule has 0 bridgehead atoms. The first kappa shape index (κ1) is 12.3. The minimum atomic E-state index is 0.443. The van der Waals surface area contributed by atoms with Gasteiger partial charge in [-0.2, -0.15) is 0 Å². The van der Waals surface area contributed by atoms with Gasteiger partial charge in [-0.05, 0) is 24.9 Å². The van der Waals surface area contributed by atoms with Gasteiger partial charge in [0.2, 0.25) is 0 Å². The number of thiophene rings is 1. The van der Waals surface area contributed by atoms with Crippen LogP contribution in [0.1, 0.15) is 36.4 Å². The van der Waals surface area contributed by atoms with Crippen molar-refractivity contribution in [3.63, 3.8) is 0 Å². The van der Waals surface area contributed by atoms with Crippen LogP contribution in [0, 0.1) is 0 Å². The standard InChI is InChI=1S/C13H19N3S/c1-3-5-12(13-6-4-7-17-13)16-9-11(8-14-2)15-10-16/h4,6-7,9-10,12,14H,3,5,8H2,1-2H3. The molecule has 0 fully saturated rings. The van der Waals surface area contributed by atoms with E-state index in [9.17, 15) is 0 Å². The van der Waals surface area contributed by atoms with Crippen LogP contribution < -0.4 is 5.32 Å². The first-order chi connectivity index (χ1) is 8.35. The molecule has 3 nitrogen and oxygen atoms in total. The molecule has 2 aromatic heterocycles. The van der Waals surface area contributed by atoms with Crippen molar-refractivity contribution in [3.8, 4) is 0 Å². The first-order valence-electron chi connectivity index (χ1n) is 6.05. The van der Waals surface area contributed by atoms with Gasteiger partial charge in [0.15, 0.2) is 0 Å². The van der Waals surface area contributed by atoms with E-state index >= 15 is 0 Å². The zero-order chi connectivity index (χ0) is 12.1. The molecule has 0 aromatic carbocycles. The summed E-state index contributed by atoms with van der Waals surface area (Å²) in [7, 11) is 1.95. The molecule has 0 aliphatic rings. The predicted molar refractivity (Wildman–Crippen MR) is 72.4 cm³/mol. The summed E-state index contributed by atoms with van der Waals surface area (Å²) in [6.07, 6.45) is 6.45. The molecule has 0 saturated heterocycles. The Balaban J connectivity index is 2.20. The number of nitrogens with one attached hydrogen (secondary N) is 1. The largest absolute Gasteiger partial charge is 0.329 e. The average molecular weight is 249 g/mol. The van der Waals surface area contributed by atoms with Crippen molar-refractivity contribution >= 4 is 11.3 Å². The summed E-state index contributed by atoms with van der Waals surface area (Å²) in [6, 6.07) is 4.77. The van der Waals surface area contributed by atoms with Gasteiger partial charge in [0, 0.05) is 17.6 Å². The lowest BCUT2D eigenvalue weighted by molar-refractivity contribution is 0.540. The monoisotopic (exact) mass is 249 g/mol. The van der Waals surface area contributed by atoms with E-state index in [1.165, 1.54) is 11.3 Å². The summed E-state index contributed by atoms with van der Waals surface area (Å²) in [6.45, 7) is 3.06. The van der Waals surface area contributed by atoms with Crippen LogP contribution in [0.3, 0.4) is 0 Å². The summed E-state index contributed by atoms with van der Waals surface area (Å²) in [5.74, 6) is 0. The maximum Gasteiger partial charge on any atom is 0.0956 e. The highest BCUT2D eigenvalue weighted by Gasteiger charge is 2.14. The second-order valence-electron chi connectivity index (χ2n) is 4.16. The van der Waals surface area contributed by atoms with Gasteiger partial charge in [-0.25, -0.2) is 4.98 Å². The fourth-order valence-electron chi connectivity index (χ4n) is 2.01. The number of hydrogen-bond donors (Lipinski definition) is 1. The Morgan fingerprint density at radius 3 is 3.06 bits per heavy atom. The van der Waals surface area contributed by atoms with E-state index < -0.39 is 0 Å². The third-order valence-corrected chi connectivity index (χ3v) is 3.78. The highest BCUT2D eigenvalue weighted by molar-refractivity contribution is 7.10. The van der Waals surface area contributed by atoms with E-state index in [1.807, 2.05) is 24.7 Å². The van der Waals surface area contributed by atoms with Crippen LogP contribution in [0.5, 0.6) is 0 Å². The smallest absolute Gasteiger partial charge is 0.0956 e. The summed E-state index contributed by atoms with van der Waals surface area (Å²) in [5.41, 5.74) is 1.10. The molecule has 1 N–H and O–H groups in total. The number of nitrogens with zero attached hydrogens (tertiary/aromatic N) is 2. The normalized spacial score (nSPS) is 12.8. The fourth-order valence-corrected chi connectivity index (χ4v) is 2.88. The van der Waals surface area contributed by atoms with Gasteiger partial charge in [-0.3, -0.25) is 0 Å². The van der Waals surface area contributed by atoms with Gasteiger partial charge in [0.05, 0.1) is 18.1 Å². The third kappa shape index (κ3) is 2.96. The van der Waals surface area contributed by atoms with Gasteiger partial charge >= 0.3 is 0 Å². The first-order valence-corrected chi connectivity index (χ1v) is 6.93. The summed E-state index contributed by atoms with van der Waals surface area (Å²) < 4.78 is 2.24. The maximum absolute atomic E-state index is 4.42. The quantitative estimate of drug-likeness (QED) is 0.852. The second kappa shape index (κ2) is 5.98. The van der Waals surface area contributed by atoms with Crippen molar-refractivity contribution in [2.75, 3.05) is 7.05 Å². The lowest BCUT2D eigenvalue weighted by Gasteiger charge is -2.15. The van der Waals surface area contributed by atoms with Gasteiger partial charge in [0.1, 0.15) is 0 Å². The van der Waals surface area contributed by atoms with E-state index in [0.717, 1.165) is 18.7 Å². The number of hydrogen-bond acceptors (Lipinski definition) is 3. The number of rotatable bonds is 6. The lowest BCUT2D eigenvalue weighted by atomic mass is 10.1. The Morgan fingerprint density at radius 1 is 1.53 bits per heavy atom. The molecule has 1 unspecified atom stereocenters. The van der Waals surface area contributed by atoms with Crippen LogP contribution in [-0.4, -0.2) is 16.6 Å². The summed E-state index contributed by atoms with van der Waals surface area (Å²) in [5, 5.41) is 5.27. The molecule has 92 valence electrons. The second-order valence-corrected chi connectivity index (χ2v) is 5.14.